The van der Waals surface area contributed by atoms with Crippen molar-refractivity contribution in [3.8, 4) is 5.69 Å². The van der Waals surface area contributed by atoms with Gasteiger partial charge in [0, 0.05) is 25.6 Å². The molecule has 1 saturated carbocycles. The lowest BCUT2D eigenvalue weighted by atomic mass is 10.0. The quantitative estimate of drug-likeness (QED) is 0.770. The third-order valence-corrected chi connectivity index (χ3v) is 6.59. The summed E-state index contributed by atoms with van der Waals surface area (Å²) in [5.41, 5.74) is 3.55. The Morgan fingerprint density at radius 3 is 2.39 bits per heavy atom. The number of aromatic nitrogens is 3. The predicted octanol–water partition coefficient (Wildman–Crippen LogP) is 3.58. The highest BCUT2D eigenvalue weighted by atomic mass is 16.2. The summed E-state index contributed by atoms with van der Waals surface area (Å²) in [6.07, 6.45) is 10.1. The number of likely N-dealkylation sites (tertiary alicyclic amines) is 1. The summed E-state index contributed by atoms with van der Waals surface area (Å²) in [7, 11) is 0. The maximum absolute atomic E-state index is 12.9. The first-order valence-corrected chi connectivity index (χ1v) is 11.6. The minimum atomic E-state index is -0.0957. The standard InChI is InChI=1S/C24H33N5O2/c1-17-13-18(2)15-21(14-17)29-16-22(26-27-29)24(31)28-11-9-20(10-12-28)25-23(30)8-7-19-5-3-4-6-19/h13-16,19-20H,3-12H2,1-2H3,(H,25,30). The molecule has 1 aromatic carbocycles. The number of hydrogen-bond donors (Lipinski definition) is 1. The van der Waals surface area contributed by atoms with Gasteiger partial charge in [-0.25, -0.2) is 4.68 Å². The number of nitrogens with one attached hydrogen (secondary N) is 1. The van der Waals surface area contributed by atoms with Gasteiger partial charge in [0.05, 0.1) is 11.9 Å². The highest BCUT2D eigenvalue weighted by Crippen LogP contribution is 2.28. The van der Waals surface area contributed by atoms with Crippen molar-refractivity contribution in [1.29, 1.82) is 0 Å². The lowest BCUT2D eigenvalue weighted by molar-refractivity contribution is -0.122. The van der Waals surface area contributed by atoms with Crippen LogP contribution in [0.5, 0.6) is 0 Å². The fourth-order valence-corrected chi connectivity index (χ4v) is 4.89. The van der Waals surface area contributed by atoms with Gasteiger partial charge in [0.25, 0.3) is 5.91 Å². The first-order valence-electron chi connectivity index (χ1n) is 11.6. The van der Waals surface area contributed by atoms with E-state index < -0.39 is 0 Å². The minimum absolute atomic E-state index is 0.0957. The van der Waals surface area contributed by atoms with Gasteiger partial charge in [0.1, 0.15) is 0 Å². The van der Waals surface area contributed by atoms with E-state index in [-0.39, 0.29) is 17.9 Å². The summed E-state index contributed by atoms with van der Waals surface area (Å²) in [6, 6.07) is 6.31. The van der Waals surface area contributed by atoms with Gasteiger partial charge < -0.3 is 10.2 Å². The van der Waals surface area contributed by atoms with Crippen molar-refractivity contribution in [2.24, 2.45) is 5.92 Å². The molecular formula is C24H33N5O2. The van der Waals surface area contributed by atoms with Crippen molar-refractivity contribution in [3.05, 3.63) is 41.2 Å². The summed E-state index contributed by atoms with van der Waals surface area (Å²) in [5.74, 6) is 0.803. The van der Waals surface area contributed by atoms with Crippen LogP contribution >= 0.6 is 0 Å². The molecule has 4 rings (SSSR count). The van der Waals surface area contributed by atoms with Crippen molar-refractivity contribution in [2.75, 3.05) is 13.1 Å². The number of carbonyl (C=O) groups is 2. The Balaban J connectivity index is 1.26. The van der Waals surface area contributed by atoms with Crippen molar-refractivity contribution in [1.82, 2.24) is 25.2 Å². The average Bonchev–Trinajstić information content (AvgIpc) is 3.44. The van der Waals surface area contributed by atoms with Crippen LogP contribution in [0.2, 0.25) is 0 Å². The third-order valence-electron chi connectivity index (χ3n) is 6.59. The minimum Gasteiger partial charge on any atom is -0.353 e. The van der Waals surface area contributed by atoms with Crippen LogP contribution in [-0.4, -0.2) is 50.8 Å². The van der Waals surface area contributed by atoms with E-state index in [2.05, 4.69) is 21.7 Å². The zero-order valence-electron chi connectivity index (χ0n) is 18.6. The Morgan fingerprint density at radius 1 is 1.03 bits per heavy atom. The molecule has 0 spiro atoms. The normalized spacial score (nSPS) is 17.8. The largest absolute Gasteiger partial charge is 0.353 e. The maximum Gasteiger partial charge on any atom is 0.276 e. The molecule has 2 aromatic rings. The Labute approximate surface area is 184 Å². The van der Waals surface area contributed by atoms with E-state index in [0.29, 0.717) is 25.2 Å². The Bertz CT molecular complexity index is 904. The van der Waals surface area contributed by atoms with Gasteiger partial charge >= 0.3 is 0 Å². The number of carbonyl (C=O) groups excluding carboxylic acids is 2. The molecular weight excluding hydrogens is 390 g/mol. The summed E-state index contributed by atoms with van der Waals surface area (Å²) >= 11 is 0. The van der Waals surface area contributed by atoms with E-state index in [1.54, 1.807) is 10.9 Å². The van der Waals surface area contributed by atoms with Crippen molar-refractivity contribution < 1.29 is 9.59 Å². The van der Waals surface area contributed by atoms with Crippen LogP contribution in [-0.2, 0) is 4.79 Å². The van der Waals surface area contributed by atoms with Crippen LogP contribution in [0.3, 0.4) is 0 Å². The number of amides is 2. The molecule has 1 aromatic heterocycles. The van der Waals surface area contributed by atoms with Crippen LogP contribution in [0.1, 0.15) is 73.0 Å². The molecule has 1 saturated heterocycles. The molecule has 2 fully saturated rings. The van der Waals surface area contributed by atoms with E-state index in [1.807, 2.05) is 30.9 Å². The summed E-state index contributed by atoms with van der Waals surface area (Å²) in [6.45, 7) is 5.33. The van der Waals surface area contributed by atoms with Gasteiger partial charge in [-0.3, -0.25) is 9.59 Å². The number of nitrogens with zero attached hydrogens (tertiary/aromatic N) is 4. The SMILES string of the molecule is Cc1cc(C)cc(-n2cc(C(=O)N3CCC(NC(=O)CCC4CCCC4)CC3)nn2)c1. The molecule has 1 aliphatic heterocycles. The smallest absolute Gasteiger partial charge is 0.276 e. The molecule has 7 nitrogen and oxygen atoms in total. The van der Waals surface area contributed by atoms with Gasteiger partial charge in [0.15, 0.2) is 5.69 Å². The van der Waals surface area contributed by atoms with Crippen LogP contribution < -0.4 is 5.32 Å². The van der Waals surface area contributed by atoms with Gasteiger partial charge in [-0.2, -0.15) is 0 Å². The van der Waals surface area contributed by atoms with Gasteiger partial charge in [-0.1, -0.05) is 37.0 Å². The average molecular weight is 424 g/mol. The molecule has 0 radical (unpaired) electrons. The lowest BCUT2D eigenvalue weighted by Crippen LogP contribution is -2.46. The molecule has 166 valence electrons. The molecule has 31 heavy (non-hydrogen) atoms. The van der Waals surface area contributed by atoms with Gasteiger partial charge in [0.2, 0.25) is 5.91 Å². The van der Waals surface area contributed by atoms with Crippen molar-refractivity contribution in [2.45, 2.75) is 71.3 Å². The first-order chi connectivity index (χ1) is 15.0. The highest BCUT2D eigenvalue weighted by Gasteiger charge is 2.26. The number of rotatable bonds is 6. The number of aryl methyl sites for hydroxylation is 2. The number of piperidine rings is 1. The molecule has 2 aliphatic rings. The molecule has 1 N–H and O–H groups in total. The number of benzene rings is 1. The Hall–Kier alpha value is -2.70. The van der Waals surface area contributed by atoms with Gasteiger partial charge in [-0.15, -0.1) is 5.10 Å². The molecule has 1 aliphatic carbocycles. The zero-order valence-corrected chi connectivity index (χ0v) is 18.6. The van der Waals surface area contributed by atoms with Crippen molar-refractivity contribution in [3.63, 3.8) is 0 Å². The monoisotopic (exact) mass is 423 g/mol. The lowest BCUT2D eigenvalue weighted by Gasteiger charge is -2.32. The van der Waals surface area contributed by atoms with Crippen LogP contribution in [0, 0.1) is 19.8 Å². The summed E-state index contributed by atoms with van der Waals surface area (Å²) < 4.78 is 1.66. The molecule has 0 unspecified atom stereocenters. The van der Waals surface area contributed by atoms with Crippen molar-refractivity contribution >= 4 is 11.8 Å². The van der Waals surface area contributed by atoms with E-state index in [9.17, 15) is 9.59 Å². The first kappa shape index (κ1) is 21.5. The second-order valence-electron chi connectivity index (χ2n) is 9.22. The topological polar surface area (TPSA) is 80.1 Å². The fraction of sp³-hybridized carbons (Fsp3) is 0.583. The summed E-state index contributed by atoms with van der Waals surface area (Å²) in [4.78, 5) is 27.0. The highest BCUT2D eigenvalue weighted by molar-refractivity contribution is 5.92. The van der Waals surface area contributed by atoms with Crippen LogP contribution in [0.4, 0.5) is 0 Å². The number of hydrogen-bond acceptors (Lipinski definition) is 4. The van der Waals surface area contributed by atoms with E-state index in [0.717, 1.165) is 42.0 Å². The fourth-order valence-electron chi connectivity index (χ4n) is 4.89. The van der Waals surface area contributed by atoms with E-state index >= 15 is 0 Å². The van der Waals surface area contributed by atoms with E-state index in [4.69, 9.17) is 0 Å². The molecule has 0 bridgehead atoms. The molecule has 0 atom stereocenters. The Kier molecular flexibility index (Phi) is 6.68. The Morgan fingerprint density at radius 2 is 1.71 bits per heavy atom. The molecule has 2 heterocycles. The molecule has 7 heteroatoms. The maximum atomic E-state index is 12.9. The second-order valence-corrected chi connectivity index (χ2v) is 9.22. The second kappa shape index (κ2) is 9.62. The van der Waals surface area contributed by atoms with Gasteiger partial charge in [-0.05, 0) is 62.3 Å². The zero-order chi connectivity index (χ0) is 21.8. The molecule has 2 amide bonds. The van der Waals surface area contributed by atoms with Crippen LogP contribution in [0.25, 0.3) is 5.69 Å². The van der Waals surface area contributed by atoms with Crippen LogP contribution in [0.15, 0.2) is 24.4 Å². The summed E-state index contributed by atoms with van der Waals surface area (Å²) in [5, 5.41) is 11.4. The predicted molar refractivity (Wildman–Crippen MR) is 119 cm³/mol. The third kappa shape index (κ3) is 5.51. The van der Waals surface area contributed by atoms with E-state index in [1.165, 1.54) is 25.7 Å².